The molecule has 28 heavy (non-hydrogen) atoms. The van der Waals surface area contributed by atoms with E-state index >= 15 is 0 Å². The highest BCUT2D eigenvalue weighted by atomic mass is 16.5. The summed E-state index contributed by atoms with van der Waals surface area (Å²) in [4.78, 5) is 36.6. The molecule has 0 saturated carbocycles. The zero-order valence-corrected chi connectivity index (χ0v) is 15.7. The number of hydrogen-bond acceptors (Lipinski definition) is 8. The van der Waals surface area contributed by atoms with Crippen molar-refractivity contribution in [2.45, 2.75) is 26.3 Å². The van der Waals surface area contributed by atoms with E-state index in [1.54, 1.807) is 18.2 Å². The highest BCUT2D eigenvalue weighted by Crippen LogP contribution is 2.27. The fourth-order valence-electron chi connectivity index (χ4n) is 2.08. The summed E-state index contributed by atoms with van der Waals surface area (Å²) in [6.07, 6.45) is 2.33. The minimum atomic E-state index is -0.823. The van der Waals surface area contributed by atoms with Crippen molar-refractivity contribution in [1.29, 1.82) is 0 Å². The molecule has 1 amide bonds. The summed E-state index contributed by atoms with van der Waals surface area (Å²) in [5.74, 6) is 0.501. The lowest BCUT2D eigenvalue weighted by molar-refractivity contribution is -0.121. The number of nitrogens with zero attached hydrogens (tertiary/aromatic N) is 2. The Balaban J connectivity index is 1.96. The van der Waals surface area contributed by atoms with Gasteiger partial charge in [-0.05, 0) is 37.1 Å². The zero-order valence-electron chi connectivity index (χ0n) is 15.7. The lowest BCUT2D eigenvalue weighted by Gasteiger charge is -2.11. The summed E-state index contributed by atoms with van der Waals surface area (Å²) in [7, 11) is 1.54. The minimum absolute atomic E-state index is 0.182. The Kier molecular flexibility index (Phi) is 7.31. The number of carbonyl (C=O) groups excluding carboxylic acids is 1. The molecular weight excluding hydrogens is 368 g/mol. The molecule has 2 aromatic rings. The third-order valence-electron chi connectivity index (χ3n) is 3.50. The van der Waals surface area contributed by atoms with Crippen molar-refractivity contribution in [3.05, 3.63) is 44.6 Å². The van der Waals surface area contributed by atoms with Crippen molar-refractivity contribution in [3.63, 3.8) is 0 Å². The van der Waals surface area contributed by atoms with E-state index in [-0.39, 0.29) is 5.82 Å². The van der Waals surface area contributed by atoms with Gasteiger partial charge in [-0.1, -0.05) is 6.92 Å². The maximum Gasteiger partial charge on any atom is 0.342 e. The van der Waals surface area contributed by atoms with E-state index in [4.69, 9.17) is 9.47 Å². The number of ether oxygens (including phenoxy) is 2. The normalized spacial score (nSPS) is 11.8. The molecule has 11 nitrogen and oxygen atoms in total. The number of amides is 1. The van der Waals surface area contributed by atoms with Gasteiger partial charge in [0.2, 0.25) is 5.82 Å². The van der Waals surface area contributed by atoms with Crippen molar-refractivity contribution < 1.29 is 14.3 Å². The van der Waals surface area contributed by atoms with Crippen LogP contribution in [0.2, 0.25) is 0 Å². The van der Waals surface area contributed by atoms with Gasteiger partial charge in [-0.15, -0.1) is 5.10 Å². The lowest BCUT2D eigenvalue weighted by Crippen LogP contribution is -2.38. The molecule has 0 aliphatic heterocycles. The molecule has 0 saturated heterocycles. The maximum absolute atomic E-state index is 12.1. The summed E-state index contributed by atoms with van der Waals surface area (Å²) in [5.41, 5.74) is 1.58. The van der Waals surface area contributed by atoms with Crippen LogP contribution in [0.3, 0.4) is 0 Å². The predicted molar refractivity (Wildman–Crippen MR) is 103 cm³/mol. The molecule has 1 unspecified atom stereocenters. The van der Waals surface area contributed by atoms with Crippen LogP contribution >= 0.6 is 0 Å². The SMILES string of the molecule is CCCOc1ccc(C=NNC(=O)C(C)Nc2n[nH]c(=O)[nH]c2=O)cc1OC. The quantitative estimate of drug-likeness (QED) is 0.353. The highest BCUT2D eigenvalue weighted by molar-refractivity contribution is 5.86. The second-order valence-electron chi connectivity index (χ2n) is 5.71. The van der Waals surface area contributed by atoms with Gasteiger partial charge in [0.15, 0.2) is 11.5 Å². The monoisotopic (exact) mass is 390 g/mol. The maximum atomic E-state index is 12.1. The molecule has 1 aromatic carbocycles. The van der Waals surface area contributed by atoms with Crippen molar-refractivity contribution in [1.82, 2.24) is 20.6 Å². The molecule has 0 aliphatic rings. The second-order valence-corrected chi connectivity index (χ2v) is 5.71. The minimum Gasteiger partial charge on any atom is -0.493 e. The van der Waals surface area contributed by atoms with Gasteiger partial charge in [0, 0.05) is 0 Å². The molecule has 0 spiro atoms. The number of nitrogens with one attached hydrogen (secondary N) is 4. The van der Waals surface area contributed by atoms with Crippen LogP contribution in [0.5, 0.6) is 11.5 Å². The Morgan fingerprint density at radius 2 is 2.14 bits per heavy atom. The van der Waals surface area contributed by atoms with E-state index < -0.39 is 23.2 Å². The molecule has 2 rings (SSSR count). The molecule has 0 aliphatic carbocycles. The number of hydrogen-bond donors (Lipinski definition) is 4. The third-order valence-corrected chi connectivity index (χ3v) is 3.50. The van der Waals surface area contributed by atoms with Crippen LogP contribution in [-0.2, 0) is 4.79 Å². The van der Waals surface area contributed by atoms with Gasteiger partial charge < -0.3 is 14.8 Å². The van der Waals surface area contributed by atoms with Crippen LogP contribution in [0.15, 0.2) is 32.9 Å². The van der Waals surface area contributed by atoms with Crippen LogP contribution in [0.1, 0.15) is 25.8 Å². The number of H-pyrrole nitrogens is 2. The Labute approximate surface area is 160 Å². The number of aromatic nitrogens is 3. The van der Waals surface area contributed by atoms with Crippen molar-refractivity contribution >= 4 is 17.9 Å². The van der Waals surface area contributed by atoms with Crippen LogP contribution in [0.25, 0.3) is 0 Å². The Bertz CT molecular complexity index is 952. The number of rotatable bonds is 9. The molecule has 1 aromatic heterocycles. The second kappa shape index (κ2) is 9.90. The van der Waals surface area contributed by atoms with Gasteiger partial charge in [-0.3, -0.25) is 14.6 Å². The van der Waals surface area contributed by atoms with Gasteiger partial charge in [0.1, 0.15) is 6.04 Å². The molecule has 1 atom stereocenters. The topological polar surface area (TPSA) is 151 Å². The summed E-state index contributed by atoms with van der Waals surface area (Å²) >= 11 is 0. The van der Waals surface area contributed by atoms with E-state index in [2.05, 4.69) is 26.0 Å². The molecule has 150 valence electrons. The average Bonchev–Trinajstić information content (AvgIpc) is 2.68. The Hall–Kier alpha value is -3.63. The van der Waals surface area contributed by atoms with Gasteiger partial charge in [0.25, 0.3) is 11.5 Å². The Morgan fingerprint density at radius 1 is 1.36 bits per heavy atom. The lowest BCUT2D eigenvalue weighted by atomic mass is 10.2. The predicted octanol–water partition coefficient (Wildman–Crippen LogP) is 0.206. The zero-order chi connectivity index (χ0) is 20.5. The van der Waals surface area contributed by atoms with E-state index in [1.807, 2.05) is 11.9 Å². The smallest absolute Gasteiger partial charge is 0.342 e. The molecule has 0 bridgehead atoms. The van der Waals surface area contributed by atoms with Gasteiger partial charge in [0.05, 0.1) is 19.9 Å². The number of carbonyl (C=O) groups is 1. The van der Waals surface area contributed by atoms with Crippen LogP contribution in [-0.4, -0.2) is 47.1 Å². The van der Waals surface area contributed by atoms with Gasteiger partial charge in [-0.25, -0.2) is 15.3 Å². The summed E-state index contributed by atoms with van der Waals surface area (Å²) in [5, 5.41) is 12.1. The number of benzene rings is 1. The number of hydrazone groups is 1. The first-order chi connectivity index (χ1) is 13.4. The Morgan fingerprint density at radius 3 is 2.82 bits per heavy atom. The largest absolute Gasteiger partial charge is 0.493 e. The molecule has 0 radical (unpaired) electrons. The number of anilines is 1. The average molecular weight is 390 g/mol. The van der Waals surface area contributed by atoms with E-state index in [1.165, 1.54) is 20.2 Å². The van der Waals surface area contributed by atoms with Crippen LogP contribution < -0.4 is 31.5 Å². The molecule has 11 heteroatoms. The first-order valence-electron chi connectivity index (χ1n) is 8.54. The van der Waals surface area contributed by atoms with Gasteiger partial charge >= 0.3 is 5.69 Å². The molecular formula is C17H22N6O5. The molecule has 1 heterocycles. The van der Waals surface area contributed by atoms with E-state index in [9.17, 15) is 14.4 Å². The first-order valence-corrected chi connectivity index (χ1v) is 8.54. The fourth-order valence-corrected chi connectivity index (χ4v) is 2.08. The van der Waals surface area contributed by atoms with Crippen molar-refractivity contribution in [2.24, 2.45) is 5.10 Å². The summed E-state index contributed by atoms with van der Waals surface area (Å²) < 4.78 is 10.9. The van der Waals surface area contributed by atoms with Crippen LogP contribution in [0, 0.1) is 0 Å². The van der Waals surface area contributed by atoms with Crippen LogP contribution in [0.4, 0.5) is 5.82 Å². The van der Waals surface area contributed by atoms with Crippen molar-refractivity contribution in [3.8, 4) is 11.5 Å². The number of methoxy groups -OCH3 is 1. The summed E-state index contributed by atoms with van der Waals surface area (Å²) in [6.45, 7) is 4.10. The molecule has 0 fully saturated rings. The highest BCUT2D eigenvalue weighted by Gasteiger charge is 2.14. The van der Waals surface area contributed by atoms with Gasteiger partial charge in [-0.2, -0.15) is 5.10 Å². The first kappa shape index (κ1) is 20.7. The third kappa shape index (κ3) is 5.69. The van der Waals surface area contributed by atoms with E-state index in [0.29, 0.717) is 23.7 Å². The van der Waals surface area contributed by atoms with E-state index in [0.717, 1.165) is 6.42 Å². The van der Waals surface area contributed by atoms with Crippen molar-refractivity contribution in [2.75, 3.05) is 19.0 Å². The summed E-state index contributed by atoms with van der Waals surface area (Å²) in [6, 6.07) is 4.44. The fraction of sp³-hybridized carbons (Fsp3) is 0.353. The molecule has 4 N–H and O–H groups in total. The standard InChI is InChI=1S/C17H22N6O5/c1-4-7-28-12-6-5-11(8-13(12)27-3)9-18-22-15(24)10(2)19-14-16(25)20-17(26)23-21-14/h5-6,8-10H,4,7H2,1-3H3,(H,19,21)(H,22,24)(H2,20,23,25,26). The number of aromatic amines is 2.